The summed E-state index contributed by atoms with van der Waals surface area (Å²) in [4.78, 5) is 33.7. The first-order chi connectivity index (χ1) is 14.4. The maximum absolute atomic E-state index is 12.6. The third-order valence-electron chi connectivity index (χ3n) is 5.00. The zero-order chi connectivity index (χ0) is 21.3. The number of halogens is 1. The van der Waals surface area contributed by atoms with Crippen LogP contribution in [0, 0.1) is 12.8 Å². The van der Waals surface area contributed by atoms with E-state index in [4.69, 9.17) is 16.3 Å². The number of benzene rings is 1. The largest absolute Gasteiger partial charge is 0.495 e. The van der Waals surface area contributed by atoms with Crippen LogP contribution in [0.15, 0.2) is 34.3 Å². The Bertz CT molecular complexity index is 1070. The van der Waals surface area contributed by atoms with Crippen molar-refractivity contribution in [3.63, 3.8) is 0 Å². The maximum Gasteiger partial charge on any atom is 0.324 e. The molecule has 1 aromatic heterocycles. The van der Waals surface area contributed by atoms with Crippen LogP contribution in [0.5, 0.6) is 5.75 Å². The second-order valence-corrected chi connectivity index (χ2v) is 7.59. The lowest BCUT2D eigenvalue weighted by Crippen LogP contribution is -2.34. The fourth-order valence-electron chi connectivity index (χ4n) is 3.61. The molecule has 3 amide bonds. The number of fused-ring (bicyclic) bond motifs is 1. The van der Waals surface area contributed by atoms with E-state index in [1.807, 2.05) is 0 Å². The van der Waals surface area contributed by atoms with E-state index >= 15 is 0 Å². The van der Waals surface area contributed by atoms with Gasteiger partial charge in [-0.1, -0.05) is 18.0 Å². The summed E-state index contributed by atoms with van der Waals surface area (Å²) in [6.45, 7) is 1.78. The minimum atomic E-state index is -0.525. The van der Waals surface area contributed by atoms with Crippen molar-refractivity contribution in [2.45, 2.75) is 32.6 Å². The molecule has 30 heavy (non-hydrogen) atoms. The number of nitrogens with zero attached hydrogens (tertiary/aromatic N) is 4. The highest BCUT2D eigenvalue weighted by Crippen LogP contribution is 2.28. The molecule has 156 valence electrons. The Morgan fingerprint density at radius 3 is 2.87 bits per heavy atom. The van der Waals surface area contributed by atoms with E-state index in [-0.39, 0.29) is 17.8 Å². The van der Waals surface area contributed by atoms with Gasteiger partial charge in [-0.3, -0.25) is 10.1 Å². The summed E-state index contributed by atoms with van der Waals surface area (Å²) in [6.07, 6.45) is 3.55. The van der Waals surface area contributed by atoms with Gasteiger partial charge in [-0.15, -0.1) is 0 Å². The van der Waals surface area contributed by atoms with Gasteiger partial charge < -0.3 is 10.1 Å². The summed E-state index contributed by atoms with van der Waals surface area (Å²) >= 11 is 6.01. The SMILES string of the molecule is COc1ccc(Cl)cc1NC(=O)Nc1cc(C)nn1C1=NC(=O)C2CCCCC2=N1. The van der Waals surface area contributed by atoms with Gasteiger partial charge in [0.05, 0.1) is 24.4 Å². The number of aliphatic imine (C=N–C) groups is 2. The molecule has 2 heterocycles. The van der Waals surface area contributed by atoms with Crippen LogP contribution in [0.25, 0.3) is 0 Å². The topological polar surface area (TPSA) is 110 Å². The molecule has 1 aliphatic heterocycles. The van der Waals surface area contributed by atoms with Gasteiger partial charge in [-0.05, 0) is 44.4 Å². The Kier molecular flexibility index (Phi) is 5.54. The number of carbonyl (C=O) groups excluding carboxylic acids is 2. The normalized spacial score (nSPS) is 18.2. The molecule has 0 radical (unpaired) electrons. The summed E-state index contributed by atoms with van der Waals surface area (Å²) in [5.41, 5.74) is 1.90. The zero-order valence-corrected chi connectivity index (χ0v) is 17.4. The number of anilines is 2. The molecule has 2 N–H and O–H groups in total. The van der Waals surface area contributed by atoms with Crippen LogP contribution in [0.1, 0.15) is 31.4 Å². The van der Waals surface area contributed by atoms with Crippen LogP contribution < -0.4 is 15.4 Å². The Labute approximate surface area is 178 Å². The summed E-state index contributed by atoms with van der Waals surface area (Å²) < 4.78 is 6.62. The van der Waals surface area contributed by atoms with Crippen molar-refractivity contribution in [1.29, 1.82) is 0 Å². The van der Waals surface area contributed by atoms with Gasteiger partial charge in [0.25, 0.3) is 11.9 Å². The van der Waals surface area contributed by atoms with Crippen LogP contribution in [0.2, 0.25) is 5.02 Å². The second kappa shape index (κ2) is 8.27. The van der Waals surface area contributed by atoms with Gasteiger partial charge >= 0.3 is 6.03 Å². The highest BCUT2D eigenvalue weighted by molar-refractivity contribution is 6.31. The van der Waals surface area contributed by atoms with Gasteiger partial charge in [0.1, 0.15) is 11.6 Å². The molecule has 2 aliphatic rings. The summed E-state index contributed by atoms with van der Waals surface area (Å²) in [6, 6.07) is 6.06. The lowest BCUT2D eigenvalue weighted by atomic mass is 9.86. The molecular weight excluding hydrogens is 408 g/mol. The van der Waals surface area contributed by atoms with E-state index in [9.17, 15) is 9.59 Å². The first kappa shape index (κ1) is 20.1. The molecule has 9 nitrogen and oxygen atoms in total. The predicted octanol–water partition coefficient (Wildman–Crippen LogP) is 3.87. The van der Waals surface area contributed by atoms with Crippen molar-refractivity contribution in [2.75, 3.05) is 17.7 Å². The number of aromatic nitrogens is 2. The lowest BCUT2D eigenvalue weighted by Gasteiger charge is -2.24. The Hall–Kier alpha value is -3.20. The minimum absolute atomic E-state index is 0.164. The van der Waals surface area contributed by atoms with Gasteiger partial charge in [-0.2, -0.15) is 14.8 Å². The maximum atomic E-state index is 12.6. The van der Waals surface area contributed by atoms with Crippen molar-refractivity contribution < 1.29 is 14.3 Å². The molecule has 0 spiro atoms. The van der Waals surface area contributed by atoms with E-state index in [0.29, 0.717) is 28.0 Å². The van der Waals surface area contributed by atoms with Crippen LogP contribution in [-0.4, -0.2) is 40.5 Å². The third kappa shape index (κ3) is 4.06. The molecule has 0 saturated heterocycles. The minimum Gasteiger partial charge on any atom is -0.495 e. The van der Waals surface area contributed by atoms with Gasteiger partial charge in [0.15, 0.2) is 0 Å². The van der Waals surface area contributed by atoms with E-state index < -0.39 is 6.03 Å². The average Bonchev–Trinajstić information content (AvgIpc) is 3.08. The Morgan fingerprint density at radius 2 is 2.07 bits per heavy atom. The second-order valence-electron chi connectivity index (χ2n) is 7.16. The predicted molar refractivity (Wildman–Crippen MR) is 115 cm³/mol. The highest BCUT2D eigenvalue weighted by Gasteiger charge is 2.32. The molecule has 1 fully saturated rings. The zero-order valence-electron chi connectivity index (χ0n) is 16.6. The molecule has 1 atom stereocenters. The number of urea groups is 1. The van der Waals surface area contributed by atoms with Crippen molar-refractivity contribution in [1.82, 2.24) is 9.78 Å². The van der Waals surface area contributed by atoms with E-state index in [2.05, 4.69) is 25.7 Å². The first-order valence-corrected chi connectivity index (χ1v) is 10.0. The number of hydrogen-bond donors (Lipinski definition) is 2. The number of carbonyl (C=O) groups is 2. The Balaban J connectivity index is 1.57. The van der Waals surface area contributed by atoms with E-state index in [1.54, 1.807) is 31.2 Å². The number of nitrogens with one attached hydrogen (secondary N) is 2. The fourth-order valence-corrected chi connectivity index (χ4v) is 3.78. The molecule has 10 heteroatoms. The van der Waals surface area contributed by atoms with Gasteiger partial charge in [0.2, 0.25) is 0 Å². The van der Waals surface area contributed by atoms with Crippen LogP contribution in [-0.2, 0) is 4.79 Å². The Morgan fingerprint density at radius 1 is 1.23 bits per heavy atom. The standard InChI is InChI=1S/C20H21ClN6O3/c1-11-9-17(24-20(29)23-15-10-12(21)7-8-16(15)30-2)27(26-11)19-22-14-6-4-3-5-13(14)18(28)25-19/h7-10,13H,3-6H2,1-2H3,(H2,23,24,29). The van der Waals surface area contributed by atoms with Gasteiger partial charge in [-0.25, -0.2) is 9.79 Å². The molecule has 1 saturated carbocycles. The molecule has 2 aromatic rings. The van der Waals surface area contributed by atoms with Gasteiger partial charge in [0, 0.05) is 16.8 Å². The number of hydrogen-bond acceptors (Lipinski definition) is 5. The fraction of sp³-hybridized carbons (Fsp3) is 0.350. The molecule has 1 aromatic carbocycles. The summed E-state index contributed by atoms with van der Waals surface area (Å²) in [7, 11) is 1.50. The number of amides is 3. The van der Waals surface area contributed by atoms with Crippen molar-refractivity contribution in [3.8, 4) is 5.75 Å². The van der Waals surface area contributed by atoms with E-state index in [0.717, 1.165) is 31.4 Å². The number of ether oxygens (including phenoxy) is 1. The molecule has 1 unspecified atom stereocenters. The van der Waals surface area contributed by atoms with Crippen LogP contribution in [0.3, 0.4) is 0 Å². The molecule has 4 rings (SSSR count). The smallest absolute Gasteiger partial charge is 0.324 e. The monoisotopic (exact) mass is 428 g/mol. The van der Waals surface area contributed by atoms with Crippen molar-refractivity contribution >= 4 is 46.7 Å². The summed E-state index contributed by atoms with van der Waals surface area (Å²) in [5.74, 6) is 0.542. The third-order valence-corrected chi connectivity index (χ3v) is 5.24. The molecular formula is C20H21ClN6O3. The first-order valence-electron chi connectivity index (χ1n) is 9.63. The number of rotatable bonds is 3. The van der Waals surface area contributed by atoms with E-state index in [1.165, 1.54) is 11.8 Å². The van der Waals surface area contributed by atoms with Crippen molar-refractivity contribution in [3.05, 3.63) is 35.0 Å². The molecule has 0 bridgehead atoms. The average molecular weight is 429 g/mol. The summed E-state index contributed by atoms with van der Waals surface area (Å²) in [5, 5.41) is 10.2. The number of aryl methyl sites for hydroxylation is 1. The van der Waals surface area contributed by atoms with Crippen molar-refractivity contribution in [2.24, 2.45) is 15.9 Å². The quantitative estimate of drug-likeness (QED) is 0.772. The lowest BCUT2D eigenvalue weighted by molar-refractivity contribution is -0.120. The molecule has 1 aliphatic carbocycles. The van der Waals surface area contributed by atoms with Crippen LogP contribution in [0.4, 0.5) is 16.3 Å². The highest BCUT2D eigenvalue weighted by atomic mass is 35.5. The van der Waals surface area contributed by atoms with Crippen LogP contribution >= 0.6 is 11.6 Å². The number of methoxy groups -OCH3 is 1.